The first-order chi connectivity index (χ1) is 4.54. The summed E-state index contributed by atoms with van der Waals surface area (Å²) in [6.07, 6.45) is 2.58. The lowest BCUT2D eigenvalue weighted by Crippen LogP contribution is -2.37. The van der Waals surface area contributed by atoms with Crippen LogP contribution in [0.2, 0.25) is 0 Å². The van der Waals surface area contributed by atoms with E-state index in [-0.39, 0.29) is 0 Å². The van der Waals surface area contributed by atoms with Crippen molar-refractivity contribution in [3.8, 4) is 0 Å². The first-order valence-corrected chi connectivity index (χ1v) is 4.22. The highest BCUT2D eigenvalue weighted by molar-refractivity contribution is 4.78. The molecule has 0 radical (unpaired) electrons. The van der Waals surface area contributed by atoms with Crippen molar-refractivity contribution in [3.63, 3.8) is 0 Å². The van der Waals surface area contributed by atoms with E-state index in [1.54, 1.807) is 0 Å². The molecule has 0 saturated carbocycles. The summed E-state index contributed by atoms with van der Waals surface area (Å²) in [7, 11) is 2.03. The van der Waals surface area contributed by atoms with E-state index < -0.39 is 0 Å². The van der Waals surface area contributed by atoms with Crippen LogP contribution in [0.5, 0.6) is 0 Å². The molecule has 0 aliphatic heterocycles. The molecular formula is C9H21N. The zero-order valence-corrected chi connectivity index (χ0v) is 7.99. The molecule has 10 heavy (non-hydrogen) atoms. The summed E-state index contributed by atoms with van der Waals surface area (Å²) in [5.41, 5.74) is 0.448. The molecule has 0 amide bonds. The molecule has 1 nitrogen and oxygen atoms in total. The normalized spacial score (nSPS) is 15.3. The van der Waals surface area contributed by atoms with Gasteiger partial charge in [0.1, 0.15) is 0 Å². The molecule has 0 bridgehead atoms. The standard InChI is InChI=1S/C9H21N/c1-6-7-9(3,4)8(2)10-5/h8,10H,6-7H2,1-5H3/t8-/m0/s1. The highest BCUT2D eigenvalue weighted by atomic mass is 14.9. The molecule has 0 fully saturated rings. The minimum Gasteiger partial charge on any atom is -0.317 e. The monoisotopic (exact) mass is 143 g/mol. The van der Waals surface area contributed by atoms with Crippen LogP contribution in [0.3, 0.4) is 0 Å². The predicted octanol–water partition coefficient (Wildman–Crippen LogP) is 2.42. The van der Waals surface area contributed by atoms with Crippen LogP contribution in [0.15, 0.2) is 0 Å². The fourth-order valence-corrected chi connectivity index (χ4v) is 1.25. The Morgan fingerprint density at radius 2 is 1.90 bits per heavy atom. The van der Waals surface area contributed by atoms with Crippen molar-refractivity contribution in [2.24, 2.45) is 5.41 Å². The maximum Gasteiger partial charge on any atom is 0.00869 e. The van der Waals surface area contributed by atoms with Gasteiger partial charge in [0.05, 0.1) is 0 Å². The van der Waals surface area contributed by atoms with Crippen LogP contribution >= 0.6 is 0 Å². The Morgan fingerprint density at radius 1 is 1.40 bits per heavy atom. The molecule has 0 aromatic heterocycles. The molecule has 62 valence electrons. The summed E-state index contributed by atoms with van der Waals surface area (Å²) in [6.45, 7) is 9.12. The lowest BCUT2D eigenvalue weighted by Gasteiger charge is -2.31. The van der Waals surface area contributed by atoms with Crippen LogP contribution in [0.25, 0.3) is 0 Å². The van der Waals surface area contributed by atoms with Gasteiger partial charge in [-0.1, -0.05) is 27.2 Å². The van der Waals surface area contributed by atoms with Gasteiger partial charge in [-0.25, -0.2) is 0 Å². The van der Waals surface area contributed by atoms with Gasteiger partial charge in [0.25, 0.3) is 0 Å². The van der Waals surface area contributed by atoms with Crippen LogP contribution in [0.4, 0.5) is 0 Å². The summed E-state index contributed by atoms with van der Waals surface area (Å²) in [5.74, 6) is 0. The molecule has 0 aromatic rings. The van der Waals surface area contributed by atoms with E-state index in [1.807, 2.05) is 7.05 Å². The highest BCUT2D eigenvalue weighted by Crippen LogP contribution is 2.25. The van der Waals surface area contributed by atoms with Gasteiger partial charge in [0.2, 0.25) is 0 Å². The Balaban J connectivity index is 3.82. The Bertz CT molecular complexity index is 86.7. The molecule has 0 aromatic carbocycles. The third kappa shape index (κ3) is 2.70. The van der Waals surface area contributed by atoms with Crippen LogP contribution in [0.1, 0.15) is 40.5 Å². The van der Waals surface area contributed by atoms with Gasteiger partial charge in [-0.2, -0.15) is 0 Å². The van der Waals surface area contributed by atoms with Crippen LogP contribution in [-0.2, 0) is 0 Å². The number of nitrogens with one attached hydrogen (secondary N) is 1. The number of hydrogen-bond donors (Lipinski definition) is 1. The summed E-state index contributed by atoms with van der Waals surface area (Å²) < 4.78 is 0. The minimum atomic E-state index is 0.448. The zero-order valence-electron chi connectivity index (χ0n) is 7.99. The van der Waals surface area contributed by atoms with Crippen LogP contribution < -0.4 is 5.32 Å². The van der Waals surface area contributed by atoms with Crippen molar-refractivity contribution in [1.82, 2.24) is 5.32 Å². The third-order valence-electron chi connectivity index (χ3n) is 2.50. The maximum atomic E-state index is 3.29. The van der Waals surface area contributed by atoms with Gasteiger partial charge in [-0.15, -0.1) is 0 Å². The quantitative estimate of drug-likeness (QED) is 0.637. The summed E-state index contributed by atoms with van der Waals surface area (Å²) in [4.78, 5) is 0. The maximum absolute atomic E-state index is 3.29. The Kier molecular flexibility index (Phi) is 3.95. The average molecular weight is 143 g/mol. The topological polar surface area (TPSA) is 12.0 Å². The van der Waals surface area contributed by atoms with Crippen molar-refractivity contribution in [3.05, 3.63) is 0 Å². The second-order valence-electron chi connectivity index (χ2n) is 3.75. The SMILES string of the molecule is CCCC(C)(C)[C@H](C)NC. The molecule has 0 spiro atoms. The van der Waals surface area contributed by atoms with Gasteiger partial charge in [-0.05, 0) is 25.8 Å². The van der Waals surface area contributed by atoms with Crippen molar-refractivity contribution < 1.29 is 0 Å². The van der Waals surface area contributed by atoms with E-state index in [9.17, 15) is 0 Å². The van der Waals surface area contributed by atoms with E-state index in [4.69, 9.17) is 0 Å². The van der Waals surface area contributed by atoms with E-state index in [2.05, 4.69) is 33.0 Å². The van der Waals surface area contributed by atoms with Crippen molar-refractivity contribution in [1.29, 1.82) is 0 Å². The molecule has 1 heteroatoms. The van der Waals surface area contributed by atoms with E-state index in [0.717, 1.165) is 0 Å². The van der Waals surface area contributed by atoms with E-state index >= 15 is 0 Å². The summed E-state index contributed by atoms with van der Waals surface area (Å²) >= 11 is 0. The van der Waals surface area contributed by atoms with Crippen molar-refractivity contribution in [2.45, 2.75) is 46.6 Å². The highest BCUT2D eigenvalue weighted by Gasteiger charge is 2.22. The van der Waals surface area contributed by atoms with Gasteiger partial charge in [0.15, 0.2) is 0 Å². The van der Waals surface area contributed by atoms with E-state index in [1.165, 1.54) is 12.8 Å². The van der Waals surface area contributed by atoms with Crippen molar-refractivity contribution >= 4 is 0 Å². The van der Waals surface area contributed by atoms with Crippen LogP contribution in [-0.4, -0.2) is 13.1 Å². The third-order valence-corrected chi connectivity index (χ3v) is 2.50. The average Bonchev–Trinajstić information content (AvgIpc) is 1.86. The molecule has 0 rings (SSSR count). The van der Waals surface area contributed by atoms with Gasteiger partial charge in [-0.3, -0.25) is 0 Å². The first kappa shape index (κ1) is 9.96. The fraction of sp³-hybridized carbons (Fsp3) is 1.00. The molecule has 0 saturated heterocycles. The Labute approximate surface area is 65.2 Å². The van der Waals surface area contributed by atoms with Gasteiger partial charge >= 0.3 is 0 Å². The molecule has 1 N–H and O–H groups in total. The zero-order chi connectivity index (χ0) is 8.20. The van der Waals surface area contributed by atoms with Gasteiger partial charge < -0.3 is 5.32 Å². The molecular weight excluding hydrogens is 122 g/mol. The fourth-order valence-electron chi connectivity index (χ4n) is 1.25. The first-order valence-electron chi connectivity index (χ1n) is 4.22. The second kappa shape index (κ2) is 3.97. The number of hydrogen-bond acceptors (Lipinski definition) is 1. The van der Waals surface area contributed by atoms with Crippen molar-refractivity contribution in [2.75, 3.05) is 7.05 Å². The lowest BCUT2D eigenvalue weighted by atomic mass is 9.81. The molecule has 0 aliphatic rings. The summed E-state index contributed by atoms with van der Waals surface area (Å²) in [5, 5.41) is 3.29. The number of rotatable bonds is 4. The van der Waals surface area contributed by atoms with Crippen LogP contribution in [0, 0.1) is 5.41 Å². The lowest BCUT2D eigenvalue weighted by molar-refractivity contribution is 0.245. The largest absolute Gasteiger partial charge is 0.317 e. The smallest absolute Gasteiger partial charge is 0.00869 e. The minimum absolute atomic E-state index is 0.448. The molecule has 0 heterocycles. The predicted molar refractivity (Wildman–Crippen MR) is 47.2 cm³/mol. The van der Waals surface area contributed by atoms with E-state index in [0.29, 0.717) is 11.5 Å². The Morgan fingerprint density at radius 3 is 2.20 bits per heavy atom. The molecule has 0 aliphatic carbocycles. The summed E-state index contributed by atoms with van der Waals surface area (Å²) in [6, 6.07) is 0.618. The van der Waals surface area contributed by atoms with Gasteiger partial charge in [0, 0.05) is 6.04 Å². The Hall–Kier alpha value is -0.0400. The molecule has 1 atom stereocenters. The molecule has 0 unspecified atom stereocenters. The second-order valence-corrected chi connectivity index (χ2v) is 3.75.